The zero-order valence-electron chi connectivity index (χ0n) is 17.2. The van der Waals surface area contributed by atoms with Crippen molar-refractivity contribution in [1.82, 2.24) is 0 Å². The molecule has 0 amide bonds. The molecule has 1 aliphatic rings. The Morgan fingerprint density at radius 2 is 1.70 bits per heavy atom. The fourth-order valence-electron chi connectivity index (χ4n) is 2.76. The molecule has 0 N–H and O–H groups in total. The van der Waals surface area contributed by atoms with E-state index in [0.717, 1.165) is 16.6 Å². The van der Waals surface area contributed by atoms with E-state index in [1.165, 1.54) is 11.8 Å². The van der Waals surface area contributed by atoms with Crippen LogP contribution in [0.15, 0.2) is 29.7 Å². The van der Waals surface area contributed by atoms with E-state index in [-0.39, 0.29) is 5.12 Å². The highest BCUT2D eigenvalue weighted by atomic mass is 32.2. The molecule has 7 heteroatoms. The quantitative estimate of drug-likeness (QED) is 0.510. The van der Waals surface area contributed by atoms with E-state index in [2.05, 4.69) is 0 Å². The molecule has 0 unspecified atom stereocenters. The molecule has 0 saturated carbocycles. The van der Waals surface area contributed by atoms with Gasteiger partial charge in [-0.15, -0.1) is 0 Å². The summed E-state index contributed by atoms with van der Waals surface area (Å²) in [6, 6.07) is 7.85. The van der Waals surface area contributed by atoms with Crippen molar-refractivity contribution in [3.05, 3.63) is 40.9 Å². The summed E-state index contributed by atoms with van der Waals surface area (Å²) in [6.45, 7) is 9.63. The van der Waals surface area contributed by atoms with Gasteiger partial charge in [-0.25, -0.2) is 0 Å². The number of thioether (sulfide) groups is 1. The first-order chi connectivity index (χ1) is 12.6. The first kappa shape index (κ1) is 22.2. The number of hydrogen-bond donors (Lipinski definition) is 0. The van der Waals surface area contributed by atoms with Crippen molar-refractivity contribution in [2.45, 2.75) is 52.1 Å². The third-order valence-corrected chi connectivity index (χ3v) is 5.90. The molecule has 1 aromatic carbocycles. The predicted molar refractivity (Wildman–Crippen MR) is 110 cm³/mol. The Morgan fingerprint density at radius 3 is 2.22 bits per heavy atom. The molecule has 1 aromatic rings. The summed E-state index contributed by atoms with van der Waals surface area (Å²) in [5.74, 6) is 0.491. The van der Waals surface area contributed by atoms with E-state index in [1.807, 2.05) is 58.0 Å². The molecule has 1 aliphatic heterocycles. The third-order valence-electron chi connectivity index (χ3n) is 5.02. The number of carbonyl (C=O) groups is 1. The van der Waals surface area contributed by atoms with Gasteiger partial charge in [0.15, 0.2) is 11.4 Å². The van der Waals surface area contributed by atoms with Crippen LogP contribution in [0.3, 0.4) is 0 Å². The van der Waals surface area contributed by atoms with Gasteiger partial charge in [0.2, 0.25) is 0 Å². The van der Waals surface area contributed by atoms with Gasteiger partial charge in [0.25, 0.3) is 0 Å². The molecule has 0 atom stereocenters. The molecular formula is C20H29BO5S. The molecule has 0 radical (unpaired) electrons. The van der Waals surface area contributed by atoms with Gasteiger partial charge in [-0.05, 0) is 38.7 Å². The Balaban J connectivity index is 2.42. The topological polar surface area (TPSA) is 54.0 Å². The van der Waals surface area contributed by atoms with E-state index < -0.39 is 24.6 Å². The van der Waals surface area contributed by atoms with Gasteiger partial charge in [0, 0.05) is 32.5 Å². The van der Waals surface area contributed by atoms with Crippen molar-refractivity contribution in [3.63, 3.8) is 0 Å². The normalized spacial score (nSPS) is 19.0. The number of benzene rings is 1. The summed E-state index contributed by atoms with van der Waals surface area (Å²) in [7, 11) is 2.70. The molecule has 1 heterocycles. The fourth-order valence-corrected chi connectivity index (χ4v) is 3.35. The highest BCUT2D eigenvalue weighted by Gasteiger charge is 2.52. The molecule has 0 bridgehead atoms. The highest BCUT2D eigenvalue weighted by Crippen LogP contribution is 2.39. The van der Waals surface area contributed by atoms with Gasteiger partial charge in [-0.1, -0.05) is 42.1 Å². The standard InChI is InChI=1S/C20H29BO5S/c1-14(22)27-13-16(21-25-19(2,3)20(4,5)26-21)12-15-10-8-9-11-17(15)18(23-6)24-7/h8-12,18H,13H2,1-7H3. The van der Waals surface area contributed by atoms with Gasteiger partial charge in [0.1, 0.15) is 0 Å². The molecule has 27 heavy (non-hydrogen) atoms. The smallest absolute Gasteiger partial charge is 0.400 e. The van der Waals surface area contributed by atoms with Gasteiger partial charge >= 0.3 is 7.12 Å². The van der Waals surface area contributed by atoms with E-state index in [1.54, 1.807) is 21.1 Å². The number of carbonyl (C=O) groups excluding carboxylic acids is 1. The summed E-state index contributed by atoms with van der Waals surface area (Å²) in [4.78, 5) is 11.6. The van der Waals surface area contributed by atoms with Crippen LogP contribution < -0.4 is 0 Å². The van der Waals surface area contributed by atoms with Gasteiger partial charge < -0.3 is 18.8 Å². The molecule has 0 spiro atoms. The van der Waals surface area contributed by atoms with E-state index in [9.17, 15) is 4.79 Å². The van der Waals surface area contributed by atoms with E-state index in [0.29, 0.717) is 5.75 Å². The van der Waals surface area contributed by atoms with Crippen molar-refractivity contribution >= 4 is 30.1 Å². The Morgan fingerprint density at radius 1 is 1.15 bits per heavy atom. The van der Waals surface area contributed by atoms with E-state index in [4.69, 9.17) is 18.8 Å². The fraction of sp³-hybridized carbons (Fsp3) is 0.550. The van der Waals surface area contributed by atoms with Gasteiger partial charge in [-0.3, -0.25) is 4.79 Å². The Kier molecular flexibility index (Phi) is 7.33. The lowest BCUT2D eigenvalue weighted by Crippen LogP contribution is -2.41. The highest BCUT2D eigenvalue weighted by molar-refractivity contribution is 8.13. The van der Waals surface area contributed by atoms with Crippen molar-refractivity contribution in [2.75, 3.05) is 20.0 Å². The minimum atomic E-state index is -0.515. The first-order valence-corrected chi connectivity index (χ1v) is 9.94. The van der Waals surface area contributed by atoms with Crippen LogP contribution in [0.5, 0.6) is 0 Å². The summed E-state index contributed by atoms with van der Waals surface area (Å²) < 4.78 is 23.3. The lowest BCUT2D eigenvalue weighted by molar-refractivity contribution is -0.109. The predicted octanol–water partition coefficient (Wildman–Crippen LogP) is 4.27. The summed E-state index contributed by atoms with van der Waals surface area (Å²) >= 11 is 1.24. The van der Waals surface area contributed by atoms with Crippen LogP contribution >= 0.6 is 11.8 Å². The number of hydrogen-bond acceptors (Lipinski definition) is 6. The van der Waals surface area contributed by atoms with Gasteiger partial charge in [0.05, 0.1) is 11.2 Å². The number of ether oxygens (including phenoxy) is 2. The number of rotatable bonds is 7. The second kappa shape index (κ2) is 8.92. The maximum Gasteiger partial charge on any atom is 0.491 e. The summed E-state index contributed by atoms with van der Waals surface area (Å²) in [5.41, 5.74) is 1.86. The molecule has 148 valence electrons. The molecule has 0 aromatic heterocycles. The minimum Gasteiger partial charge on any atom is -0.400 e. The maximum absolute atomic E-state index is 11.6. The maximum atomic E-state index is 11.6. The third kappa shape index (κ3) is 5.24. The lowest BCUT2D eigenvalue weighted by Gasteiger charge is -2.32. The van der Waals surface area contributed by atoms with Crippen LogP contribution in [0.25, 0.3) is 6.08 Å². The van der Waals surface area contributed by atoms with Gasteiger partial charge in [-0.2, -0.15) is 0 Å². The zero-order chi connectivity index (χ0) is 20.2. The van der Waals surface area contributed by atoms with Crippen LogP contribution in [-0.2, 0) is 23.6 Å². The van der Waals surface area contributed by atoms with Crippen LogP contribution in [0, 0.1) is 0 Å². The van der Waals surface area contributed by atoms with E-state index >= 15 is 0 Å². The number of methoxy groups -OCH3 is 2. The average molecular weight is 392 g/mol. The van der Waals surface area contributed by atoms with Crippen LogP contribution in [0.2, 0.25) is 0 Å². The Labute approximate surface area is 166 Å². The molecule has 1 fully saturated rings. The SMILES string of the molecule is COC(OC)c1ccccc1C=C(CSC(C)=O)B1OC(C)(C)C(C)(C)O1. The Hall–Kier alpha value is -1.12. The van der Waals surface area contributed by atoms with Crippen LogP contribution in [0.4, 0.5) is 0 Å². The summed E-state index contributed by atoms with van der Waals surface area (Å²) in [5, 5.41) is 0.0531. The lowest BCUT2D eigenvalue weighted by atomic mass is 9.78. The second-order valence-corrected chi connectivity index (χ2v) is 8.67. The van der Waals surface area contributed by atoms with Crippen molar-refractivity contribution in [1.29, 1.82) is 0 Å². The molecule has 5 nitrogen and oxygen atoms in total. The monoisotopic (exact) mass is 392 g/mol. The molecule has 0 aliphatic carbocycles. The second-order valence-electron chi connectivity index (χ2n) is 7.52. The minimum absolute atomic E-state index is 0.0531. The molecule has 1 saturated heterocycles. The largest absolute Gasteiger partial charge is 0.491 e. The molecular weight excluding hydrogens is 363 g/mol. The zero-order valence-corrected chi connectivity index (χ0v) is 18.0. The van der Waals surface area contributed by atoms with Crippen molar-refractivity contribution in [2.24, 2.45) is 0 Å². The first-order valence-electron chi connectivity index (χ1n) is 8.95. The van der Waals surface area contributed by atoms with Crippen molar-refractivity contribution < 1.29 is 23.6 Å². The van der Waals surface area contributed by atoms with Crippen molar-refractivity contribution in [3.8, 4) is 0 Å². The average Bonchev–Trinajstić information content (AvgIpc) is 2.81. The summed E-state index contributed by atoms with van der Waals surface area (Å²) in [6.07, 6.45) is 1.54. The van der Waals surface area contributed by atoms with Crippen LogP contribution in [-0.4, -0.2) is 43.4 Å². The Bertz CT molecular complexity index is 681. The molecule has 2 rings (SSSR count). The van der Waals surface area contributed by atoms with Crippen LogP contribution in [0.1, 0.15) is 52.0 Å².